The minimum atomic E-state index is -0.490. The van der Waals surface area contributed by atoms with E-state index in [1.165, 1.54) is 0 Å². The van der Waals surface area contributed by atoms with Crippen molar-refractivity contribution in [1.29, 1.82) is 0 Å². The van der Waals surface area contributed by atoms with Gasteiger partial charge in [0.05, 0.1) is 6.10 Å². The van der Waals surface area contributed by atoms with Crippen LogP contribution in [0.15, 0.2) is 48.5 Å². The SMILES string of the molecule is CC[C@@H](O)c1ccccc1OCc1cccc(Cl)c1. The van der Waals surface area contributed by atoms with Crippen molar-refractivity contribution >= 4 is 11.6 Å². The fourth-order valence-electron chi connectivity index (χ4n) is 1.90. The Morgan fingerprint density at radius 2 is 1.95 bits per heavy atom. The molecule has 0 heterocycles. The standard InChI is InChI=1S/C16H17ClO2/c1-2-15(18)14-8-3-4-9-16(14)19-11-12-6-5-7-13(17)10-12/h3-10,15,18H,2,11H2,1H3/t15-/m1/s1. The van der Waals surface area contributed by atoms with Crippen molar-refractivity contribution in [2.24, 2.45) is 0 Å². The number of aliphatic hydroxyl groups is 1. The molecule has 2 nitrogen and oxygen atoms in total. The number of para-hydroxylation sites is 1. The van der Waals surface area contributed by atoms with E-state index in [2.05, 4.69) is 0 Å². The molecule has 100 valence electrons. The first-order valence-corrected chi connectivity index (χ1v) is 6.72. The molecule has 1 N–H and O–H groups in total. The number of ether oxygens (including phenoxy) is 1. The summed E-state index contributed by atoms with van der Waals surface area (Å²) < 4.78 is 5.78. The molecule has 0 unspecified atom stereocenters. The lowest BCUT2D eigenvalue weighted by Gasteiger charge is -2.15. The minimum Gasteiger partial charge on any atom is -0.489 e. The first-order chi connectivity index (χ1) is 9.20. The van der Waals surface area contributed by atoms with Crippen LogP contribution < -0.4 is 4.74 Å². The van der Waals surface area contributed by atoms with Gasteiger partial charge in [0.25, 0.3) is 0 Å². The lowest BCUT2D eigenvalue weighted by Crippen LogP contribution is -2.02. The third-order valence-corrected chi connectivity index (χ3v) is 3.18. The molecule has 0 fully saturated rings. The van der Waals surface area contributed by atoms with Crippen molar-refractivity contribution in [3.63, 3.8) is 0 Å². The zero-order valence-electron chi connectivity index (χ0n) is 10.8. The summed E-state index contributed by atoms with van der Waals surface area (Å²) in [7, 11) is 0. The third kappa shape index (κ3) is 3.72. The summed E-state index contributed by atoms with van der Waals surface area (Å²) >= 11 is 5.94. The Balaban J connectivity index is 2.11. The summed E-state index contributed by atoms with van der Waals surface area (Å²) in [5.41, 5.74) is 1.83. The van der Waals surface area contributed by atoms with Gasteiger partial charge in [-0.1, -0.05) is 48.9 Å². The highest BCUT2D eigenvalue weighted by molar-refractivity contribution is 6.30. The molecule has 19 heavy (non-hydrogen) atoms. The Bertz CT molecular complexity index is 540. The monoisotopic (exact) mass is 276 g/mol. The van der Waals surface area contributed by atoms with Crippen LogP contribution in [0, 0.1) is 0 Å². The van der Waals surface area contributed by atoms with Gasteiger partial charge >= 0.3 is 0 Å². The summed E-state index contributed by atoms with van der Waals surface area (Å²) in [5, 5.41) is 10.6. The maximum absolute atomic E-state index is 9.95. The quantitative estimate of drug-likeness (QED) is 0.879. The van der Waals surface area contributed by atoms with Crippen molar-refractivity contribution in [3.8, 4) is 5.75 Å². The predicted octanol–water partition coefficient (Wildman–Crippen LogP) is 4.36. The molecule has 0 aromatic heterocycles. The minimum absolute atomic E-state index is 0.438. The Kier molecular flexibility index (Phi) is 4.83. The van der Waals surface area contributed by atoms with E-state index >= 15 is 0 Å². The van der Waals surface area contributed by atoms with Gasteiger partial charge < -0.3 is 9.84 Å². The van der Waals surface area contributed by atoms with Crippen LogP contribution in [-0.2, 0) is 6.61 Å². The van der Waals surface area contributed by atoms with Crippen LogP contribution in [0.2, 0.25) is 5.02 Å². The van der Waals surface area contributed by atoms with Crippen molar-refractivity contribution in [2.45, 2.75) is 26.1 Å². The normalized spacial score (nSPS) is 12.2. The Morgan fingerprint density at radius 3 is 2.68 bits per heavy atom. The van der Waals surface area contributed by atoms with Crippen molar-refractivity contribution in [2.75, 3.05) is 0 Å². The first-order valence-electron chi connectivity index (χ1n) is 6.35. The molecule has 1 atom stereocenters. The van der Waals surface area contributed by atoms with E-state index in [9.17, 15) is 5.11 Å². The van der Waals surface area contributed by atoms with Crippen LogP contribution in [0.5, 0.6) is 5.75 Å². The second kappa shape index (κ2) is 6.60. The molecular weight excluding hydrogens is 260 g/mol. The number of benzene rings is 2. The summed E-state index contributed by atoms with van der Waals surface area (Å²) in [6.07, 6.45) is 0.174. The van der Waals surface area contributed by atoms with E-state index in [1.807, 2.05) is 55.5 Å². The van der Waals surface area contributed by atoms with Gasteiger partial charge in [-0.3, -0.25) is 0 Å². The smallest absolute Gasteiger partial charge is 0.125 e. The van der Waals surface area contributed by atoms with E-state index < -0.39 is 6.10 Å². The summed E-state index contributed by atoms with van der Waals surface area (Å²) in [4.78, 5) is 0. The average molecular weight is 277 g/mol. The predicted molar refractivity (Wildman–Crippen MR) is 77.5 cm³/mol. The summed E-state index contributed by atoms with van der Waals surface area (Å²) in [6.45, 7) is 2.38. The first kappa shape index (κ1) is 13.9. The highest BCUT2D eigenvalue weighted by atomic mass is 35.5. The molecule has 3 heteroatoms. The molecule has 2 aromatic rings. The average Bonchev–Trinajstić information content (AvgIpc) is 2.45. The van der Waals surface area contributed by atoms with Gasteiger partial charge in [-0.2, -0.15) is 0 Å². The topological polar surface area (TPSA) is 29.5 Å². The fourth-order valence-corrected chi connectivity index (χ4v) is 2.11. The highest BCUT2D eigenvalue weighted by Gasteiger charge is 2.11. The Morgan fingerprint density at radius 1 is 1.16 bits per heavy atom. The molecule has 0 saturated carbocycles. The van der Waals surface area contributed by atoms with Gasteiger partial charge in [-0.25, -0.2) is 0 Å². The second-order valence-corrected chi connectivity index (χ2v) is 4.82. The van der Waals surface area contributed by atoms with Gasteiger partial charge in [-0.15, -0.1) is 0 Å². The molecule has 0 amide bonds. The van der Waals surface area contributed by atoms with Crippen LogP contribution in [0.4, 0.5) is 0 Å². The number of aliphatic hydroxyl groups excluding tert-OH is 1. The maximum Gasteiger partial charge on any atom is 0.125 e. The van der Waals surface area contributed by atoms with Crippen molar-refractivity contribution in [1.82, 2.24) is 0 Å². The van der Waals surface area contributed by atoms with E-state index in [4.69, 9.17) is 16.3 Å². The van der Waals surface area contributed by atoms with Gasteiger partial charge in [0.1, 0.15) is 12.4 Å². The van der Waals surface area contributed by atoms with Crippen LogP contribution in [0.3, 0.4) is 0 Å². The number of halogens is 1. The van der Waals surface area contributed by atoms with Crippen molar-refractivity contribution < 1.29 is 9.84 Å². The molecule has 0 spiro atoms. The van der Waals surface area contributed by atoms with Gasteiger partial charge in [0.2, 0.25) is 0 Å². The van der Waals surface area contributed by atoms with Crippen LogP contribution >= 0.6 is 11.6 Å². The van der Waals surface area contributed by atoms with E-state index in [1.54, 1.807) is 0 Å². The summed E-state index contributed by atoms with van der Waals surface area (Å²) in [5.74, 6) is 0.719. The zero-order valence-corrected chi connectivity index (χ0v) is 11.6. The van der Waals surface area contributed by atoms with Crippen molar-refractivity contribution in [3.05, 3.63) is 64.7 Å². The van der Waals surface area contributed by atoms with Crippen LogP contribution in [-0.4, -0.2) is 5.11 Å². The molecule has 0 bridgehead atoms. The van der Waals surface area contributed by atoms with Gasteiger partial charge in [0.15, 0.2) is 0 Å². The van der Waals surface area contributed by atoms with Crippen LogP contribution in [0.25, 0.3) is 0 Å². The molecule has 0 saturated heterocycles. The molecule has 2 aromatic carbocycles. The van der Waals surface area contributed by atoms with E-state index in [0.717, 1.165) is 16.9 Å². The molecule has 0 aliphatic carbocycles. The van der Waals surface area contributed by atoms with Crippen LogP contribution in [0.1, 0.15) is 30.6 Å². The summed E-state index contributed by atoms with van der Waals surface area (Å²) in [6, 6.07) is 15.1. The van der Waals surface area contributed by atoms with Gasteiger partial charge in [0, 0.05) is 10.6 Å². The highest BCUT2D eigenvalue weighted by Crippen LogP contribution is 2.27. The number of hydrogen-bond acceptors (Lipinski definition) is 2. The molecule has 0 radical (unpaired) electrons. The zero-order chi connectivity index (χ0) is 13.7. The van der Waals surface area contributed by atoms with E-state index in [-0.39, 0.29) is 0 Å². The molecular formula is C16H17ClO2. The third-order valence-electron chi connectivity index (χ3n) is 2.95. The fraction of sp³-hybridized carbons (Fsp3) is 0.250. The Labute approximate surface area is 118 Å². The number of rotatable bonds is 5. The maximum atomic E-state index is 9.95. The van der Waals surface area contributed by atoms with Gasteiger partial charge in [-0.05, 0) is 30.2 Å². The number of hydrogen-bond donors (Lipinski definition) is 1. The second-order valence-electron chi connectivity index (χ2n) is 4.38. The molecule has 0 aliphatic rings. The molecule has 0 aliphatic heterocycles. The lowest BCUT2D eigenvalue weighted by atomic mass is 10.1. The Hall–Kier alpha value is -1.51. The van der Waals surface area contributed by atoms with E-state index in [0.29, 0.717) is 18.1 Å². The molecule has 2 rings (SSSR count). The largest absolute Gasteiger partial charge is 0.489 e. The lowest BCUT2D eigenvalue weighted by molar-refractivity contribution is 0.166.